The van der Waals surface area contributed by atoms with Gasteiger partial charge in [-0.05, 0) is 48.3 Å². The molecule has 1 fully saturated rings. The number of rotatable bonds is 6. The summed E-state index contributed by atoms with van der Waals surface area (Å²) in [7, 11) is 3.92. The first-order valence-electron chi connectivity index (χ1n) is 10.4. The number of hydrogen-bond donors (Lipinski definition) is 4. The summed E-state index contributed by atoms with van der Waals surface area (Å²) in [6, 6.07) is 16.6. The Bertz CT molecular complexity index is 1000. The van der Waals surface area contributed by atoms with Crippen LogP contribution in [0.25, 0.3) is 10.1 Å². The van der Waals surface area contributed by atoms with Crippen molar-refractivity contribution in [1.82, 2.24) is 4.90 Å². The third-order valence-electron chi connectivity index (χ3n) is 5.75. The summed E-state index contributed by atoms with van der Waals surface area (Å²) in [5, 5.41) is 41.9. The van der Waals surface area contributed by atoms with E-state index in [4.69, 9.17) is 4.74 Å². The minimum atomic E-state index is -1.39. The molecular weight excluding hydrogens is 414 g/mol. The summed E-state index contributed by atoms with van der Waals surface area (Å²) >= 11 is 1.76. The molecule has 5 atom stereocenters. The molecule has 0 saturated carbocycles. The first kappa shape index (κ1) is 22.4. The van der Waals surface area contributed by atoms with Gasteiger partial charge < -0.3 is 30.1 Å². The second kappa shape index (κ2) is 9.34. The van der Waals surface area contributed by atoms with Crippen LogP contribution in [0.1, 0.15) is 27.7 Å². The number of fused-ring (bicyclic) bond motifs is 1. The number of aliphatic hydroxyl groups excluding tert-OH is 4. The van der Waals surface area contributed by atoms with Gasteiger partial charge in [0.25, 0.3) is 0 Å². The number of benzene rings is 2. The summed E-state index contributed by atoms with van der Waals surface area (Å²) < 4.78 is 7.11. The lowest BCUT2D eigenvalue weighted by Crippen LogP contribution is -2.55. The quantitative estimate of drug-likeness (QED) is 0.466. The molecule has 166 valence electrons. The Kier molecular flexibility index (Phi) is 6.74. The van der Waals surface area contributed by atoms with Gasteiger partial charge >= 0.3 is 0 Å². The highest BCUT2D eigenvalue weighted by Crippen LogP contribution is 2.36. The molecule has 4 rings (SSSR count). The highest BCUT2D eigenvalue weighted by Gasteiger charge is 2.44. The largest absolute Gasteiger partial charge is 0.394 e. The van der Waals surface area contributed by atoms with Crippen molar-refractivity contribution >= 4 is 21.4 Å². The Morgan fingerprint density at radius 2 is 1.74 bits per heavy atom. The molecule has 6 nitrogen and oxygen atoms in total. The molecule has 1 saturated heterocycles. The van der Waals surface area contributed by atoms with E-state index < -0.39 is 37.1 Å². The second-order valence-corrected chi connectivity index (χ2v) is 9.62. The number of ether oxygens (including phenoxy) is 1. The number of thiophene rings is 1. The van der Waals surface area contributed by atoms with Crippen molar-refractivity contribution in [3.8, 4) is 0 Å². The van der Waals surface area contributed by atoms with Gasteiger partial charge in [-0.15, -0.1) is 11.3 Å². The van der Waals surface area contributed by atoms with Crippen LogP contribution in [0.2, 0.25) is 0 Å². The number of hydrogen-bond acceptors (Lipinski definition) is 7. The van der Waals surface area contributed by atoms with E-state index in [0.717, 1.165) is 23.1 Å². The molecule has 0 aliphatic carbocycles. The molecule has 2 aromatic carbocycles. The fraction of sp³-hybridized carbons (Fsp3) is 0.417. The molecular formula is C24H29NO5S. The van der Waals surface area contributed by atoms with E-state index >= 15 is 0 Å². The van der Waals surface area contributed by atoms with Crippen LogP contribution in [0.5, 0.6) is 0 Å². The monoisotopic (exact) mass is 443 g/mol. The van der Waals surface area contributed by atoms with Crippen molar-refractivity contribution in [2.75, 3.05) is 20.7 Å². The van der Waals surface area contributed by atoms with Crippen LogP contribution in [-0.4, -0.2) is 70.4 Å². The van der Waals surface area contributed by atoms with Crippen molar-refractivity contribution in [3.05, 3.63) is 70.1 Å². The van der Waals surface area contributed by atoms with E-state index in [1.807, 2.05) is 43.3 Å². The van der Waals surface area contributed by atoms with Crippen molar-refractivity contribution in [3.63, 3.8) is 0 Å². The Morgan fingerprint density at radius 1 is 0.968 bits per heavy atom. The Hall–Kier alpha value is -1.84. The zero-order chi connectivity index (χ0) is 22.1. The molecule has 0 amide bonds. The molecule has 3 aromatic rings. The zero-order valence-electron chi connectivity index (χ0n) is 17.7. The summed E-state index contributed by atoms with van der Waals surface area (Å²) in [6.45, 7) is 0.194. The van der Waals surface area contributed by atoms with Crippen LogP contribution in [0.15, 0.2) is 48.5 Å². The predicted octanol–water partition coefficient (Wildman–Crippen LogP) is 2.07. The Balaban J connectivity index is 1.68. The SMILES string of the molecule is CN(C)Cc1ccc(Cc2cc3ccccc3s2)cc1C1OC(CO)[C@@H](O)[C@H](O)[C@H]1O. The summed E-state index contributed by atoms with van der Waals surface area (Å²) in [4.78, 5) is 3.26. The average molecular weight is 444 g/mol. The fourth-order valence-corrected chi connectivity index (χ4v) is 5.29. The maximum Gasteiger partial charge on any atom is 0.113 e. The number of aliphatic hydroxyl groups is 4. The van der Waals surface area contributed by atoms with Gasteiger partial charge in [0.05, 0.1) is 6.61 Å². The summed E-state index contributed by atoms with van der Waals surface area (Å²) in [5.74, 6) is 0. The molecule has 7 heteroatoms. The van der Waals surface area contributed by atoms with Crippen LogP contribution in [0, 0.1) is 0 Å². The zero-order valence-corrected chi connectivity index (χ0v) is 18.5. The smallest absolute Gasteiger partial charge is 0.113 e. The topological polar surface area (TPSA) is 93.4 Å². The molecule has 2 heterocycles. The first-order valence-corrected chi connectivity index (χ1v) is 11.2. The van der Waals surface area contributed by atoms with E-state index in [1.165, 1.54) is 15.0 Å². The number of nitrogens with zero attached hydrogens (tertiary/aromatic N) is 1. The average Bonchev–Trinajstić information content (AvgIpc) is 3.15. The van der Waals surface area contributed by atoms with E-state index in [2.05, 4.69) is 24.3 Å². The van der Waals surface area contributed by atoms with Gasteiger partial charge in [0, 0.05) is 22.5 Å². The summed E-state index contributed by atoms with van der Waals surface area (Å²) in [5.41, 5.74) is 2.81. The lowest BCUT2D eigenvalue weighted by Gasteiger charge is -2.41. The summed E-state index contributed by atoms with van der Waals surface area (Å²) in [6.07, 6.45) is -5.08. The van der Waals surface area contributed by atoms with Crippen LogP contribution in [-0.2, 0) is 17.7 Å². The van der Waals surface area contributed by atoms with Crippen LogP contribution >= 0.6 is 11.3 Å². The lowest BCUT2D eigenvalue weighted by atomic mass is 9.88. The maximum absolute atomic E-state index is 10.7. The van der Waals surface area contributed by atoms with E-state index in [9.17, 15) is 20.4 Å². The lowest BCUT2D eigenvalue weighted by molar-refractivity contribution is -0.232. The van der Waals surface area contributed by atoms with Crippen molar-refractivity contribution in [1.29, 1.82) is 0 Å². The Labute approximate surface area is 186 Å². The molecule has 1 aliphatic rings. The van der Waals surface area contributed by atoms with Gasteiger partial charge in [0.15, 0.2) is 0 Å². The van der Waals surface area contributed by atoms with Crippen LogP contribution in [0.4, 0.5) is 0 Å². The van der Waals surface area contributed by atoms with Crippen LogP contribution < -0.4 is 0 Å². The van der Waals surface area contributed by atoms with Crippen molar-refractivity contribution in [2.24, 2.45) is 0 Å². The van der Waals surface area contributed by atoms with Gasteiger partial charge in [0.2, 0.25) is 0 Å². The molecule has 0 radical (unpaired) electrons. The third kappa shape index (κ3) is 4.68. The van der Waals surface area contributed by atoms with Gasteiger partial charge in [0.1, 0.15) is 30.5 Å². The van der Waals surface area contributed by atoms with Crippen molar-refractivity contribution < 1.29 is 25.2 Å². The highest BCUT2D eigenvalue weighted by molar-refractivity contribution is 7.19. The van der Waals surface area contributed by atoms with Gasteiger partial charge in [-0.2, -0.15) is 0 Å². The van der Waals surface area contributed by atoms with E-state index in [1.54, 1.807) is 11.3 Å². The third-order valence-corrected chi connectivity index (χ3v) is 6.87. The van der Waals surface area contributed by atoms with Crippen molar-refractivity contribution in [2.45, 2.75) is 43.5 Å². The molecule has 0 spiro atoms. The molecule has 1 aliphatic heterocycles. The highest BCUT2D eigenvalue weighted by atomic mass is 32.1. The van der Waals surface area contributed by atoms with Gasteiger partial charge in [-0.1, -0.05) is 36.4 Å². The standard InChI is InChI=1S/C24H29NO5S/c1-25(2)12-16-8-7-14(9-17-11-15-5-3-4-6-20(15)31-17)10-18(16)24-23(29)22(28)21(27)19(13-26)30-24/h3-8,10-11,19,21-24,26-29H,9,12-13H2,1-2H3/t19?,21-,22+,23-,24?/m1/s1. The molecule has 4 N–H and O–H groups in total. The van der Waals surface area contributed by atoms with Crippen LogP contribution in [0.3, 0.4) is 0 Å². The molecule has 31 heavy (non-hydrogen) atoms. The second-order valence-electron chi connectivity index (χ2n) is 8.45. The van der Waals surface area contributed by atoms with E-state index in [0.29, 0.717) is 6.54 Å². The Morgan fingerprint density at radius 3 is 2.45 bits per heavy atom. The van der Waals surface area contributed by atoms with Gasteiger partial charge in [-0.25, -0.2) is 0 Å². The minimum absolute atomic E-state index is 0.439. The predicted molar refractivity (Wildman–Crippen MR) is 121 cm³/mol. The normalized spacial score (nSPS) is 26.6. The first-order chi connectivity index (χ1) is 14.9. The minimum Gasteiger partial charge on any atom is -0.394 e. The molecule has 0 bridgehead atoms. The maximum atomic E-state index is 10.7. The molecule has 1 aromatic heterocycles. The van der Waals surface area contributed by atoms with Gasteiger partial charge in [-0.3, -0.25) is 0 Å². The van der Waals surface area contributed by atoms with E-state index in [-0.39, 0.29) is 0 Å². The molecule has 2 unspecified atom stereocenters. The fourth-order valence-electron chi connectivity index (χ4n) is 4.19.